The summed E-state index contributed by atoms with van der Waals surface area (Å²) in [4.78, 5) is 21.5. The predicted octanol–water partition coefficient (Wildman–Crippen LogP) is 2.68. The zero-order valence-corrected chi connectivity index (χ0v) is 16.9. The van der Waals surface area contributed by atoms with Crippen molar-refractivity contribution in [3.63, 3.8) is 0 Å². The SMILES string of the molecule is Cc1c(C(=O)N2CCC(C)(N(C)C)CC2)nnn1-c1ccc2ncccc2c1. The van der Waals surface area contributed by atoms with Crippen LogP contribution in [0.2, 0.25) is 0 Å². The summed E-state index contributed by atoms with van der Waals surface area (Å²) >= 11 is 0. The molecule has 0 atom stereocenters. The van der Waals surface area contributed by atoms with Crippen LogP contribution in [0.5, 0.6) is 0 Å². The van der Waals surface area contributed by atoms with Crippen molar-refractivity contribution in [3.8, 4) is 5.69 Å². The van der Waals surface area contributed by atoms with Gasteiger partial charge in [-0.25, -0.2) is 4.68 Å². The highest BCUT2D eigenvalue weighted by Crippen LogP contribution is 2.27. The summed E-state index contributed by atoms with van der Waals surface area (Å²) in [7, 11) is 4.21. The van der Waals surface area contributed by atoms with Crippen LogP contribution in [-0.4, -0.2) is 68.4 Å². The molecule has 1 fully saturated rings. The second kappa shape index (κ2) is 6.98. The van der Waals surface area contributed by atoms with E-state index in [1.165, 1.54) is 0 Å². The molecule has 0 aliphatic carbocycles. The molecule has 146 valence electrons. The van der Waals surface area contributed by atoms with Crippen molar-refractivity contribution < 1.29 is 4.79 Å². The summed E-state index contributed by atoms with van der Waals surface area (Å²) in [5, 5.41) is 9.50. The van der Waals surface area contributed by atoms with Crippen molar-refractivity contribution in [1.82, 2.24) is 29.8 Å². The molecule has 0 N–H and O–H groups in total. The van der Waals surface area contributed by atoms with E-state index in [0.29, 0.717) is 5.69 Å². The highest BCUT2D eigenvalue weighted by Gasteiger charge is 2.35. The van der Waals surface area contributed by atoms with E-state index in [1.807, 2.05) is 42.2 Å². The van der Waals surface area contributed by atoms with Gasteiger partial charge in [-0.15, -0.1) is 5.10 Å². The molecule has 2 aromatic heterocycles. The predicted molar refractivity (Wildman–Crippen MR) is 109 cm³/mol. The number of aromatic nitrogens is 4. The standard InChI is InChI=1S/C21H26N6O/c1-15-19(20(28)26-12-9-21(2,10-13-26)25(3)4)23-24-27(15)17-7-8-18-16(14-17)6-5-11-22-18/h5-8,11,14H,9-10,12-13H2,1-4H3. The fourth-order valence-corrected chi connectivity index (χ4v) is 3.76. The zero-order valence-electron chi connectivity index (χ0n) is 16.9. The maximum atomic E-state index is 13.0. The first kappa shape index (κ1) is 18.6. The third kappa shape index (κ3) is 3.16. The Bertz CT molecular complexity index is 1020. The van der Waals surface area contributed by atoms with Crippen molar-refractivity contribution in [3.05, 3.63) is 47.9 Å². The summed E-state index contributed by atoms with van der Waals surface area (Å²) in [5.41, 5.74) is 3.14. The normalized spacial score (nSPS) is 16.7. The highest BCUT2D eigenvalue weighted by atomic mass is 16.2. The van der Waals surface area contributed by atoms with E-state index >= 15 is 0 Å². The fraction of sp³-hybridized carbons (Fsp3) is 0.429. The van der Waals surface area contributed by atoms with E-state index < -0.39 is 0 Å². The molecule has 1 amide bonds. The summed E-state index contributed by atoms with van der Waals surface area (Å²) < 4.78 is 1.73. The van der Waals surface area contributed by atoms with E-state index in [-0.39, 0.29) is 11.4 Å². The summed E-state index contributed by atoms with van der Waals surface area (Å²) in [5.74, 6) is -0.0352. The average molecular weight is 378 g/mol. The Labute approximate surface area is 165 Å². The third-order valence-corrected chi connectivity index (χ3v) is 6.14. The summed E-state index contributed by atoms with van der Waals surface area (Å²) in [6.07, 6.45) is 3.69. The molecule has 1 aromatic carbocycles. The van der Waals surface area contributed by atoms with Gasteiger partial charge in [-0.1, -0.05) is 11.3 Å². The van der Waals surface area contributed by atoms with Crippen molar-refractivity contribution in [1.29, 1.82) is 0 Å². The first-order valence-electron chi connectivity index (χ1n) is 9.63. The van der Waals surface area contributed by atoms with Crippen LogP contribution in [0.3, 0.4) is 0 Å². The molecule has 0 bridgehead atoms. The number of pyridine rings is 1. The lowest BCUT2D eigenvalue weighted by atomic mass is 9.88. The first-order chi connectivity index (χ1) is 13.4. The summed E-state index contributed by atoms with van der Waals surface area (Å²) in [6.45, 7) is 5.63. The zero-order chi connectivity index (χ0) is 19.9. The monoisotopic (exact) mass is 378 g/mol. The number of piperidine rings is 1. The number of benzene rings is 1. The topological polar surface area (TPSA) is 67.2 Å². The van der Waals surface area contributed by atoms with Crippen LogP contribution in [0.25, 0.3) is 16.6 Å². The number of amides is 1. The molecule has 7 heteroatoms. The number of fused-ring (bicyclic) bond motifs is 1. The Hall–Kier alpha value is -2.80. The van der Waals surface area contributed by atoms with Gasteiger partial charge in [-0.3, -0.25) is 9.78 Å². The van der Waals surface area contributed by atoms with E-state index in [1.54, 1.807) is 10.9 Å². The molecular formula is C21H26N6O. The molecule has 1 aliphatic rings. The third-order valence-electron chi connectivity index (χ3n) is 6.14. The van der Waals surface area contributed by atoms with Gasteiger partial charge in [0.25, 0.3) is 5.91 Å². The van der Waals surface area contributed by atoms with Gasteiger partial charge in [0.05, 0.1) is 16.9 Å². The van der Waals surface area contributed by atoms with Crippen LogP contribution in [0.4, 0.5) is 0 Å². The number of rotatable bonds is 3. The number of hydrogen-bond donors (Lipinski definition) is 0. The molecule has 7 nitrogen and oxygen atoms in total. The Kier molecular flexibility index (Phi) is 4.63. The van der Waals surface area contributed by atoms with Crippen LogP contribution < -0.4 is 0 Å². The first-order valence-corrected chi connectivity index (χ1v) is 9.63. The molecule has 1 aliphatic heterocycles. The van der Waals surface area contributed by atoms with Gasteiger partial charge in [0.15, 0.2) is 5.69 Å². The quantitative estimate of drug-likeness (QED) is 0.701. The molecule has 3 aromatic rings. The van der Waals surface area contributed by atoms with Gasteiger partial charge in [0, 0.05) is 30.2 Å². The Morgan fingerprint density at radius 3 is 2.64 bits per heavy atom. The second-order valence-corrected chi connectivity index (χ2v) is 8.00. The minimum atomic E-state index is -0.0352. The van der Waals surface area contributed by atoms with Gasteiger partial charge < -0.3 is 9.80 Å². The van der Waals surface area contributed by atoms with Crippen LogP contribution in [-0.2, 0) is 0 Å². The molecule has 0 saturated carbocycles. The molecule has 4 rings (SSSR count). The van der Waals surface area contributed by atoms with Crippen LogP contribution in [0, 0.1) is 6.92 Å². The van der Waals surface area contributed by atoms with Gasteiger partial charge in [-0.2, -0.15) is 0 Å². The van der Waals surface area contributed by atoms with E-state index in [0.717, 1.165) is 48.2 Å². The Morgan fingerprint density at radius 1 is 1.18 bits per heavy atom. The van der Waals surface area contributed by atoms with Gasteiger partial charge in [-0.05, 0) is 65.0 Å². The Balaban J connectivity index is 1.57. The van der Waals surface area contributed by atoms with Crippen LogP contribution in [0.1, 0.15) is 35.9 Å². The smallest absolute Gasteiger partial charge is 0.276 e. The van der Waals surface area contributed by atoms with E-state index in [2.05, 4.69) is 41.2 Å². The molecule has 0 unspecified atom stereocenters. The van der Waals surface area contributed by atoms with E-state index in [4.69, 9.17) is 0 Å². The van der Waals surface area contributed by atoms with Gasteiger partial charge in [0.2, 0.25) is 0 Å². The van der Waals surface area contributed by atoms with Crippen LogP contribution >= 0.6 is 0 Å². The molecule has 3 heterocycles. The second-order valence-electron chi connectivity index (χ2n) is 8.00. The minimum absolute atomic E-state index is 0.0352. The number of likely N-dealkylation sites (tertiary alicyclic amines) is 1. The summed E-state index contributed by atoms with van der Waals surface area (Å²) in [6, 6.07) is 9.85. The molecule has 28 heavy (non-hydrogen) atoms. The number of nitrogens with zero attached hydrogens (tertiary/aromatic N) is 6. The number of carbonyl (C=O) groups excluding carboxylic acids is 1. The molecular weight excluding hydrogens is 352 g/mol. The molecule has 1 saturated heterocycles. The largest absolute Gasteiger partial charge is 0.337 e. The van der Waals surface area contributed by atoms with Gasteiger partial charge in [0.1, 0.15) is 0 Å². The minimum Gasteiger partial charge on any atom is -0.337 e. The lowest BCUT2D eigenvalue weighted by molar-refractivity contribution is 0.0489. The average Bonchev–Trinajstić information content (AvgIpc) is 3.09. The lowest BCUT2D eigenvalue weighted by Crippen LogP contribution is -2.52. The lowest BCUT2D eigenvalue weighted by Gasteiger charge is -2.43. The van der Waals surface area contributed by atoms with Crippen molar-refractivity contribution in [2.75, 3.05) is 27.2 Å². The Morgan fingerprint density at radius 2 is 1.93 bits per heavy atom. The fourth-order valence-electron chi connectivity index (χ4n) is 3.76. The van der Waals surface area contributed by atoms with Crippen LogP contribution in [0.15, 0.2) is 36.5 Å². The van der Waals surface area contributed by atoms with Gasteiger partial charge >= 0.3 is 0 Å². The molecule has 0 spiro atoms. The maximum Gasteiger partial charge on any atom is 0.276 e. The highest BCUT2D eigenvalue weighted by molar-refractivity contribution is 5.93. The number of carbonyl (C=O) groups is 1. The van der Waals surface area contributed by atoms with E-state index in [9.17, 15) is 4.79 Å². The maximum absolute atomic E-state index is 13.0. The number of hydrogen-bond acceptors (Lipinski definition) is 5. The van der Waals surface area contributed by atoms with Crippen molar-refractivity contribution >= 4 is 16.8 Å². The van der Waals surface area contributed by atoms with Crippen molar-refractivity contribution in [2.45, 2.75) is 32.2 Å². The van der Waals surface area contributed by atoms with Crippen molar-refractivity contribution in [2.24, 2.45) is 0 Å². The molecule has 0 radical (unpaired) electrons.